The van der Waals surface area contributed by atoms with Crippen molar-refractivity contribution in [2.24, 2.45) is 0 Å². The first-order valence-corrected chi connectivity index (χ1v) is 13.7. The minimum atomic E-state index is -4.33. The van der Waals surface area contributed by atoms with Gasteiger partial charge in [-0.1, -0.05) is 12.1 Å². The summed E-state index contributed by atoms with van der Waals surface area (Å²) in [4.78, 5) is 10.8. The summed E-state index contributed by atoms with van der Waals surface area (Å²) in [5, 5.41) is 9.53. The van der Waals surface area contributed by atoms with Crippen LogP contribution in [0.1, 0.15) is 49.3 Å². The van der Waals surface area contributed by atoms with Crippen LogP contribution in [0, 0.1) is 0 Å². The van der Waals surface area contributed by atoms with Gasteiger partial charge in [-0.25, -0.2) is 9.19 Å². The number of aliphatic hydroxyl groups excluding tert-OH is 1. The van der Waals surface area contributed by atoms with Crippen molar-refractivity contribution < 1.29 is 31.3 Å². The van der Waals surface area contributed by atoms with Gasteiger partial charge in [0.05, 0.1) is 24.3 Å². The second kappa shape index (κ2) is 9.39. The van der Waals surface area contributed by atoms with Crippen LogP contribution < -0.4 is 10.2 Å². The Balaban J connectivity index is 1.33. The molecule has 0 bridgehead atoms. The zero-order valence-corrected chi connectivity index (χ0v) is 20.8. The highest BCUT2D eigenvalue weighted by Gasteiger charge is 2.50. The minimum absolute atomic E-state index is 0.0538. The van der Waals surface area contributed by atoms with E-state index >= 15 is 0 Å². The summed E-state index contributed by atoms with van der Waals surface area (Å²) < 4.78 is 78.9. The predicted octanol–water partition coefficient (Wildman–Crippen LogP) is 5.06. The molecule has 1 atom stereocenters. The molecular weight excluding hydrogens is 523 g/mol. The molecule has 3 heterocycles. The van der Waals surface area contributed by atoms with Crippen LogP contribution >= 0.6 is 11.8 Å². The van der Waals surface area contributed by atoms with Crippen molar-refractivity contribution >= 4 is 34.3 Å². The molecule has 36 heavy (non-hydrogen) atoms. The van der Waals surface area contributed by atoms with Gasteiger partial charge in [0.2, 0.25) is 5.95 Å². The fourth-order valence-electron chi connectivity index (χ4n) is 4.97. The van der Waals surface area contributed by atoms with E-state index in [9.17, 15) is 31.3 Å². The molecule has 1 unspecified atom stereocenters. The Morgan fingerprint density at radius 1 is 1.14 bits per heavy atom. The van der Waals surface area contributed by atoms with E-state index in [-0.39, 0.29) is 51.5 Å². The number of fused-ring (bicyclic) bond motifs is 1. The van der Waals surface area contributed by atoms with Crippen LogP contribution in [0.5, 0.6) is 0 Å². The summed E-state index contributed by atoms with van der Waals surface area (Å²) in [7, 11) is -2.58. The molecule has 1 saturated heterocycles. The van der Waals surface area contributed by atoms with Crippen LogP contribution in [-0.2, 0) is 17.2 Å². The highest BCUT2D eigenvalue weighted by molar-refractivity contribution is 8.00. The van der Waals surface area contributed by atoms with E-state index in [1.807, 2.05) is 4.90 Å². The van der Waals surface area contributed by atoms with Crippen molar-refractivity contribution in [1.82, 2.24) is 9.97 Å². The summed E-state index contributed by atoms with van der Waals surface area (Å²) >= 11 is -0.146. The number of benzene rings is 1. The maximum atomic E-state index is 14.3. The Bertz CT molecular complexity index is 1140. The lowest BCUT2D eigenvalue weighted by atomic mass is 9.77. The molecule has 1 aliphatic carbocycles. The number of alkyl halides is 5. The van der Waals surface area contributed by atoms with Crippen LogP contribution in [0.4, 0.5) is 33.7 Å². The fraction of sp³-hybridized carbons (Fsp3) is 0.565. The van der Waals surface area contributed by atoms with Gasteiger partial charge in [-0.3, -0.25) is 0 Å². The molecule has 2 fully saturated rings. The molecule has 0 amide bonds. The van der Waals surface area contributed by atoms with E-state index in [1.54, 1.807) is 12.1 Å². The van der Waals surface area contributed by atoms with Crippen LogP contribution in [0.15, 0.2) is 34.1 Å². The van der Waals surface area contributed by atoms with Gasteiger partial charge in [0, 0.05) is 18.0 Å². The Kier molecular flexibility index (Phi) is 6.69. The minimum Gasteiger partial charge on any atom is -0.394 e. The normalized spacial score (nSPS) is 23.3. The number of aromatic nitrogens is 2. The van der Waals surface area contributed by atoms with Crippen molar-refractivity contribution in [2.75, 3.05) is 29.9 Å². The van der Waals surface area contributed by atoms with Gasteiger partial charge in [-0.05, 0) is 67.5 Å². The van der Waals surface area contributed by atoms with Crippen LogP contribution in [0.2, 0.25) is 0 Å². The van der Waals surface area contributed by atoms with Crippen LogP contribution in [-0.4, -0.2) is 55.3 Å². The molecule has 196 valence electrons. The lowest BCUT2D eigenvalue weighted by Gasteiger charge is -2.42. The Labute approximate surface area is 211 Å². The lowest BCUT2D eigenvalue weighted by molar-refractivity contribution is -0.0328. The molecule has 5 rings (SSSR count). The molecule has 13 heteroatoms. The second-order valence-corrected chi connectivity index (χ2v) is 12.2. The largest absolute Gasteiger partial charge is 0.446 e. The number of nitrogens with one attached hydrogen (secondary N) is 1. The second-order valence-electron chi connectivity index (χ2n) is 9.53. The quantitative estimate of drug-likeness (QED) is 0.386. The third-order valence-electron chi connectivity index (χ3n) is 7.11. The van der Waals surface area contributed by atoms with Gasteiger partial charge in [0.15, 0.2) is 0 Å². The van der Waals surface area contributed by atoms with Gasteiger partial charge >= 0.3 is 10.8 Å². The van der Waals surface area contributed by atoms with E-state index in [1.165, 1.54) is 12.1 Å². The number of rotatable bonds is 6. The molecule has 2 N–H and O–H groups in total. The van der Waals surface area contributed by atoms with E-state index in [2.05, 4.69) is 15.3 Å². The standard InChI is InChI=1S/C23H25F5N4O2S2/c24-22(25)12-17-18(36(22)34)19(31-21(13-33)8-1-9-21)30-20(29-17)32-10-6-15(7-11-32)14-2-4-16(5-3-14)35-23(26,27)28/h2-5,15,33H,1,6-13H2,(H,29,30,31). The predicted molar refractivity (Wildman–Crippen MR) is 127 cm³/mol. The van der Waals surface area contributed by atoms with Gasteiger partial charge in [-0.2, -0.15) is 26.9 Å². The summed E-state index contributed by atoms with van der Waals surface area (Å²) in [6, 6.07) is 6.37. The van der Waals surface area contributed by atoms with Crippen molar-refractivity contribution in [2.45, 2.75) is 70.5 Å². The van der Waals surface area contributed by atoms with Crippen molar-refractivity contribution in [1.29, 1.82) is 0 Å². The number of hydrogen-bond donors (Lipinski definition) is 2. The monoisotopic (exact) mass is 548 g/mol. The number of nitrogens with zero attached hydrogens (tertiary/aromatic N) is 3. The summed E-state index contributed by atoms with van der Waals surface area (Å²) in [6.07, 6.45) is 2.86. The zero-order chi connectivity index (χ0) is 25.7. The number of aliphatic hydroxyl groups is 1. The van der Waals surface area contributed by atoms with E-state index in [0.29, 0.717) is 38.8 Å². The van der Waals surface area contributed by atoms with E-state index < -0.39 is 33.5 Å². The topological polar surface area (TPSA) is 78.4 Å². The molecule has 0 spiro atoms. The number of thioether (sulfide) groups is 1. The highest BCUT2D eigenvalue weighted by atomic mass is 32.2. The van der Waals surface area contributed by atoms with E-state index in [4.69, 9.17) is 0 Å². The molecule has 2 aliphatic heterocycles. The van der Waals surface area contributed by atoms with Gasteiger partial charge in [0.25, 0.3) is 0 Å². The van der Waals surface area contributed by atoms with Gasteiger partial charge in [0.1, 0.15) is 21.5 Å². The van der Waals surface area contributed by atoms with Crippen LogP contribution in [0.3, 0.4) is 0 Å². The van der Waals surface area contributed by atoms with E-state index in [0.717, 1.165) is 12.0 Å². The smallest absolute Gasteiger partial charge is 0.394 e. The lowest BCUT2D eigenvalue weighted by Crippen LogP contribution is -2.49. The summed E-state index contributed by atoms with van der Waals surface area (Å²) in [5.74, 6) is 0.510. The third-order valence-corrected chi connectivity index (χ3v) is 9.34. The third kappa shape index (κ3) is 5.06. The number of halogens is 5. The SMILES string of the molecule is O=S1c2c(nc(N3CCC(c4ccc(SC(F)(F)F)cc4)CC3)nc2NC2(CO)CCC2)CC1(F)F. The average Bonchev–Trinajstić information content (AvgIpc) is 3.04. The molecule has 1 aromatic heterocycles. The highest BCUT2D eigenvalue weighted by Crippen LogP contribution is 2.44. The first-order chi connectivity index (χ1) is 17.0. The number of hydrogen-bond acceptors (Lipinski definition) is 7. The maximum Gasteiger partial charge on any atom is 0.446 e. The Morgan fingerprint density at radius 2 is 1.81 bits per heavy atom. The average molecular weight is 549 g/mol. The van der Waals surface area contributed by atoms with Crippen molar-refractivity contribution in [3.63, 3.8) is 0 Å². The molecule has 3 aliphatic rings. The Hall–Kier alpha value is -1.99. The Morgan fingerprint density at radius 3 is 2.36 bits per heavy atom. The molecule has 1 aromatic carbocycles. The van der Waals surface area contributed by atoms with Crippen molar-refractivity contribution in [3.05, 3.63) is 35.5 Å². The number of piperidine rings is 1. The molecule has 2 aromatic rings. The first kappa shape index (κ1) is 25.7. The molecule has 6 nitrogen and oxygen atoms in total. The molecule has 1 saturated carbocycles. The summed E-state index contributed by atoms with van der Waals surface area (Å²) in [6.45, 7) is 0.884. The fourth-order valence-corrected chi connectivity index (χ4v) is 6.68. The maximum absolute atomic E-state index is 14.3. The molecular formula is C23H25F5N4O2S2. The number of anilines is 2. The van der Waals surface area contributed by atoms with Crippen molar-refractivity contribution in [3.8, 4) is 0 Å². The van der Waals surface area contributed by atoms with Crippen LogP contribution in [0.25, 0.3) is 0 Å². The summed E-state index contributed by atoms with van der Waals surface area (Å²) in [5.41, 5.74) is -3.99. The van der Waals surface area contributed by atoms with Gasteiger partial charge < -0.3 is 15.3 Å². The van der Waals surface area contributed by atoms with Gasteiger partial charge in [-0.15, -0.1) is 0 Å². The molecule has 0 radical (unpaired) electrons. The zero-order valence-electron chi connectivity index (χ0n) is 19.2. The first-order valence-electron chi connectivity index (χ1n) is 11.7.